The normalized spacial score (nSPS) is 12.1. The monoisotopic (exact) mass is 467 g/mol. The largest absolute Gasteiger partial charge is 0.489 e. The van der Waals surface area contributed by atoms with Crippen molar-refractivity contribution in [2.45, 2.75) is 13.5 Å². The zero-order chi connectivity index (χ0) is 23.4. The van der Waals surface area contributed by atoms with Gasteiger partial charge in [-0.15, -0.1) is 0 Å². The quantitative estimate of drug-likeness (QED) is 0.308. The number of aryl methyl sites for hydroxylation is 1. The van der Waals surface area contributed by atoms with E-state index in [0.717, 1.165) is 11.1 Å². The summed E-state index contributed by atoms with van der Waals surface area (Å²) in [5, 5.41) is 15.8. The van der Waals surface area contributed by atoms with E-state index >= 15 is 0 Å². The van der Waals surface area contributed by atoms with Gasteiger partial charge in [-0.25, -0.2) is 5.43 Å². The summed E-state index contributed by atoms with van der Waals surface area (Å²) in [7, 11) is 0. The predicted molar refractivity (Wildman–Crippen MR) is 121 cm³/mol. The van der Waals surface area contributed by atoms with Crippen molar-refractivity contribution >= 4 is 29.4 Å². The van der Waals surface area contributed by atoms with Crippen molar-refractivity contribution in [1.82, 2.24) is 5.43 Å². The standard InChI is InChI=1S/C23H18ClN3O6/c1-14-8-18(6-7-19(14)24)31-12-15-2-4-16(5-3-15)23(28)26-25-11-17-9-21-22(33-13-32-21)10-20(17)27(29)30/h2-11H,12-13H2,1H3,(H,26,28)/b25-11+. The Balaban J connectivity index is 1.37. The van der Waals surface area contributed by atoms with Gasteiger partial charge < -0.3 is 14.2 Å². The number of carbonyl (C=O) groups excluding carboxylic acids is 1. The lowest BCUT2D eigenvalue weighted by Crippen LogP contribution is -2.17. The molecule has 0 aliphatic carbocycles. The van der Waals surface area contributed by atoms with Gasteiger partial charge in [0, 0.05) is 10.6 Å². The first kappa shape index (κ1) is 22.1. The summed E-state index contributed by atoms with van der Waals surface area (Å²) >= 11 is 6.02. The predicted octanol–water partition coefficient (Wildman–Crippen LogP) is 4.63. The van der Waals surface area contributed by atoms with Gasteiger partial charge in [0.1, 0.15) is 12.4 Å². The van der Waals surface area contributed by atoms with Gasteiger partial charge >= 0.3 is 0 Å². The fraction of sp³-hybridized carbons (Fsp3) is 0.130. The second-order valence-corrected chi connectivity index (χ2v) is 7.52. The lowest BCUT2D eigenvalue weighted by Gasteiger charge is -2.08. The number of nitrogens with one attached hydrogen (secondary N) is 1. The number of ether oxygens (including phenoxy) is 3. The molecule has 33 heavy (non-hydrogen) atoms. The van der Waals surface area contributed by atoms with Crippen LogP contribution >= 0.6 is 11.6 Å². The van der Waals surface area contributed by atoms with Crippen LogP contribution in [0.25, 0.3) is 0 Å². The van der Waals surface area contributed by atoms with Gasteiger partial charge in [-0.05, 0) is 54.4 Å². The van der Waals surface area contributed by atoms with Gasteiger partial charge in [0.25, 0.3) is 11.6 Å². The van der Waals surface area contributed by atoms with Crippen molar-refractivity contribution in [1.29, 1.82) is 0 Å². The lowest BCUT2D eigenvalue weighted by atomic mass is 10.1. The van der Waals surface area contributed by atoms with Crippen molar-refractivity contribution in [2.24, 2.45) is 5.10 Å². The molecule has 9 nitrogen and oxygen atoms in total. The number of hydrogen-bond donors (Lipinski definition) is 1. The first-order valence-corrected chi connectivity index (χ1v) is 10.2. The van der Waals surface area contributed by atoms with Crippen LogP contribution in [0.2, 0.25) is 5.02 Å². The van der Waals surface area contributed by atoms with Crippen LogP contribution in [0.1, 0.15) is 27.0 Å². The Morgan fingerprint density at radius 2 is 1.91 bits per heavy atom. The van der Waals surface area contributed by atoms with E-state index in [2.05, 4.69) is 10.5 Å². The maximum atomic E-state index is 12.4. The van der Waals surface area contributed by atoms with Crippen molar-refractivity contribution in [2.75, 3.05) is 6.79 Å². The molecular weight excluding hydrogens is 450 g/mol. The van der Waals surface area contributed by atoms with Crippen LogP contribution < -0.4 is 19.6 Å². The van der Waals surface area contributed by atoms with Gasteiger partial charge in [0.15, 0.2) is 11.5 Å². The fourth-order valence-corrected chi connectivity index (χ4v) is 3.18. The Hall–Kier alpha value is -4.11. The van der Waals surface area contributed by atoms with E-state index in [9.17, 15) is 14.9 Å². The van der Waals surface area contributed by atoms with Crippen molar-refractivity contribution in [3.05, 3.63) is 92.0 Å². The summed E-state index contributed by atoms with van der Waals surface area (Å²) in [6.07, 6.45) is 1.19. The molecule has 10 heteroatoms. The number of amides is 1. The van der Waals surface area contributed by atoms with Gasteiger partial charge in [0.2, 0.25) is 6.79 Å². The molecule has 0 atom stereocenters. The minimum Gasteiger partial charge on any atom is -0.489 e. The minimum atomic E-state index is -0.558. The third kappa shape index (κ3) is 5.21. The number of hydrogen-bond acceptors (Lipinski definition) is 7. The van der Waals surface area contributed by atoms with Crippen molar-refractivity contribution in [3.8, 4) is 17.2 Å². The molecular formula is C23H18ClN3O6. The second kappa shape index (κ2) is 9.58. The average Bonchev–Trinajstić information content (AvgIpc) is 3.27. The van der Waals surface area contributed by atoms with Gasteiger partial charge in [-0.2, -0.15) is 5.10 Å². The van der Waals surface area contributed by atoms with E-state index < -0.39 is 10.8 Å². The minimum absolute atomic E-state index is 0.00973. The van der Waals surface area contributed by atoms with Crippen molar-refractivity contribution in [3.63, 3.8) is 0 Å². The Morgan fingerprint density at radius 3 is 2.61 bits per heavy atom. The summed E-state index contributed by atoms with van der Waals surface area (Å²) in [5.74, 6) is 0.902. The zero-order valence-electron chi connectivity index (χ0n) is 17.4. The van der Waals surface area contributed by atoms with Crippen LogP contribution in [0, 0.1) is 17.0 Å². The molecule has 1 aliphatic heterocycles. The summed E-state index contributed by atoms with van der Waals surface area (Å²) in [6.45, 7) is 2.22. The molecule has 4 rings (SSSR count). The van der Waals surface area contributed by atoms with E-state index in [4.69, 9.17) is 25.8 Å². The van der Waals surface area contributed by atoms with Crippen LogP contribution in [0.15, 0.2) is 59.7 Å². The number of nitrogens with zero attached hydrogens (tertiary/aromatic N) is 2. The molecule has 3 aromatic carbocycles. The number of nitro benzene ring substituents is 1. The zero-order valence-corrected chi connectivity index (χ0v) is 18.2. The van der Waals surface area contributed by atoms with Gasteiger partial charge in [0.05, 0.1) is 22.8 Å². The summed E-state index contributed by atoms with van der Waals surface area (Å²) < 4.78 is 16.1. The number of fused-ring (bicyclic) bond motifs is 1. The van der Waals surface area contributed by atoms with Gasteiger partial charge in [-0.1, -0.05) is 23.7 Å². The molecule has 1 amide bonds. The number of hydrazone groups is 1. The molecule has 0 spiro atoms. The van der Waals surface area contributed by atoms with E-state index in [1.165, 1.54) is 18.3 Å². The van der Waals surface area contributed by atoms with E-state index in [1.807, 2.05) is 13.0 Å². The summed E-state index contributed by atoms with van der Waals surface area (Å²) in [6, 6.07) is 14.9. The number of carbonyl (C=O) groups is 1. The van der Waals surface area contributed by atoms with E-state index in [0.29, 0.717) is 28.7 Å². The molecule has 3 aromatic rings. The fourth-order valence-electron chi connectivity index (χ4n) is 3.06. The van der Waals surface area contributed by atoms with E-state index in [1.54, 1.807) is 36.4 Å². The Morgan fingerprint density at radius 1 is 1.18 bits per heavy atom. The smallest absolute Gasteiger partial charge is 0.282 e. The van der Waals surface area contributed by atoms with Crippen LogP contribution in [-0.4, -0.2) is 23.8 Å². The average molecular weight is 468 g/mol. The molecule has 0 saturated heterocycles. The number of rotatable bonds is 7. The molecule has 168 valence electrons. The third-order valence-electron chi connectivity index (χ3n) is 4.84. The summed E-state index contributed by atoms with van der Waals surface area (Å²) in [5.41, 5.74) is 4.50. The maximum absolute atomic E-state index is 12.4. The molecule has 0 fully saturated rings. The molecule has 0 aromatic heterocycles. The Kier molecular flexibility index (Phi) is 6.41. The molecule has 1 heterocycles. The highest BCUT2D eigenvalue weighted by molar-refractivity contribution is 6.31. The highest BCUT2D eigenvalue weighted by atomic mass is 35.5. The lowest BCUT2D eigenvalue weighted by molar-refractivity contribution is -0.385. The van der Waals surface area contributed by atoms with Crippen LogP contribution in [-0.2, 0) is 6.61 Å². The topological polar surface area (TPSA) is 112 Å². The Labute approximate surface area is 193 Å². The van der Waals surface area contributed by atoms with E-state index in [-0.39, 0.29) is 23.8 Å². The number of benzene rings is 3. The Bertz CT molecular complexity index is 1240. The summed E-state index contributed by atoms with van der Waals surface area (Å²) in [4.78, 5) is 23.1. The molecule has 0 radical (unpaired) electrons. The SMILES string of the molecule is Cc1cc(OCc2ccc(C(=O)N/N=C/c3cc4c(cc3[N+](=O)[O-])OCO4)cc2)ccc1Cl. The maximum Gasteiger partial charge on any atom is 0.282 e. The number of halogens is 1. The van der Waals surface area contributed by atoms with Crippen LogP contribution in [0.5, 0.6) is 17.2 Å². The third-order valence-corrected chi connectivity index (χ3v) is 5.26. The first-order chi connectivity index (χ1) is 15.9. The highest BCUT2D eigenvalue weighted by Crippen LogP contribution is 2.37. The van der Waals surface area contributed by atoms with Gasteiger partial charge in [-0.3, -0.25) is 14.9 Å². The van der Waals surface area contributed by atoms with Crippen LogP contribution in [0.3, 0.4) is 0 Å². The van der Waals surface area contributed by atoms with Crippen molar-refractivity contribution < 1.29 is 23.9 Å². The molecule has 1 aliphatic rings. The molecule has 0 unspecified atom stereocenters. The highest BCUT2D eigenvalue weighted by Gasteiger charge is 2.22. The second-order valence-electron chi connectivity index (χ2n) is 7.12. The first-order valence-electron chi connectivity index (χ1n) is 9.80. The molecule has 0 saturated carbocycles. The number of nitro groups is 1. The van der Waals surface area contributed by atoms with Crippen LogP contribution in [0.4, 0.5) is 5.69 Å². The molecule has 0 bridgehead atoms. The molecule has 1 N–H and O–H groups in total.